The van der Waals surface area contributed by atoms with Gasteiger partial charge in [-0.25, -0.2) is 0 Å². The summed E-state index contributed by atoms with van der Waals surface area (Å²) >= 11 is 4.58. The topological polar surface area (TPSA) is 12.4 Å². The predicted molar refractivity (Wildman–Crippen MR) is 69.0 cm³/mol. The van der Waals surface area contributed by atoms with Crippen molar-refractivity contribution in [3.63, 3.8) is 0 Å². The van der Waals surface area contributed by atoms with Crippen molar-refractivity contribution >= 4 is 23.1 Å². The molecule has 2 heteroatoms. The number of unbranched alkanes of at least 4 members (excludes halogenated alkanes) is 3. The maximum Gasteiger partial charge on any atom is 0.0742 e. The highest BCUT2D eigenvalue weighted by atomic mass is 32.1. The van der Waals surface area contributed by atoms with E-state index >= 15 is 0 Å². The van der Waals surface area contributed by atoms with Gasteiger partial charge in [-0.1, -0.05) is 38.3 Å². The summed E-state index contributed by atoms with van der Waals surface area (Å²) in [6, 6.07) is 8.22. The predicted octanol–water partition coefficient (Wildman–Crippen LogP) is 4.54. The summed E-state index contributed by atoms with van der Waals surface area (Å²) in [7, 11) is 0. The van der Waals surface area contributed by atoms with Gasteiger partial charge in [-0.05, 0) is 42.8 Å². The molecule has 0 spiro atoms. The Morgan fingerprint density at radius 1 is 1.27 bits per heavy atom. The van der Waals surface area contributed by atoms with Crippen LogP contribution < -0.4 is 0 Å². The SMILES string of the molecule is CCCCCCc1cccc(N=C=S)c1. The fourth-order valence-electron chi connectivity index (χ4n) is 1.59. The molecule has 0 atom stereocenters. The van der Waals surface area contributed by atoms with Crippen LogP contribution in [0.2, 0.25) is 0 Å². The van der Waals surface area contributed by atoms with Gasteiger partial charge < -0.3 is 0 Å². The van der Waals surface area contributed by atoms with E-state index in [1.807, 2.05) is 12.1 Å². The number of hydrogen-bond donors (Lipinski definition) is 0. The smallest absolute Gasteiger partial charge is 0.0742 e. The zero-order valence-corrected chi connectivity index (χ0v) is 10.0. The molecule has 1 aromatic rings. The first kappa shape index (κ1) is 12.1. The molecule has 15 heavy (non-hydrogen) atoms. The summed E-state index contributed by atoms with van der Waals surface area (Å²) in [6.07, 6.45) is 6.34. The van der Waals surface area contributed by atoms with Crippen LogP contribution >= 0.6 is 12.2 Å². The van der Waals surface area contributed by atoms with Gasteiger partial charge in [0.15, 0.2) is 0 Å². The minimum atomic E-state index is 0.915. The molecule has 1 rings (SSSR count). The molecule has 0 fully saturated rings. The summed E-state index contributed by atoms with van der Waals surface area (Å²) in [4.78, 5) is 3.98. The molecule has 0 amide bonds. The Kier molecular flexibility index (Phi) is 5.91. The van der Waals surface area contributed by atoms with Gasteiger partial charge in [-0.15, -0.1) is 0 Å². The molecule has 0 aliphatic rings. The number of rotatable bonds is 6. The molecular formula is C13H17NS. The Labute approximate surface area is 97.2 Å². The van der Waals surface area contributed by atoms with Crippen LogP contribution in [0.5, 0.6) is 0 Å². The standard InChI is InChI=1S/C13H17NS/c1-2-3-4-5-7-12-8-6-9-13(10-12)14-11-15/h6,8-10H,2-5,7H2,1H3. The van der Waals surface area contributed by atoms with Crippen LogP contribution in [0.25, 0.3) is 0 Å². The summed E-state index contributed by atoms with van der Waals surface area (Å²) in [5, 5.41) is 2.40. The van der Waals surface area contributed by atoms with Crippen LogP contribution in [0, 0.1) is 0 Å². The van der Waals surface area contributed by atoms with Gasteiger partial charge in [0, 0.05) is 0 Å². The highest BCUT2D eigenvalue weighted by Crippen LogP contribution is 2.15. The normalized spacial score (nSPS) is 9.67. The summed E-state index contributed by atoms with van der Waals surface area (Å²) in [5.41, 5.74) is 2.26. The summed E-state index contributed by atoms with van der Waals surface area (Å²) in [5.74, 6) is 0. The van der Waals surface area contributed by atoms with Crippen molar-refractivity contribution in [2.45, 2.75) is 39.0 Å². The van der Waals surface area contributed by atoms with Crippen molar-refractivity contribution in [1.29, 1.82) is 0 Å². The van der Waals surface area contributed by atoms with E-state index in [4.69, 9.17) is 0 Å². The van der Waals surface area contributed by atoms with Crippen LogP contribution in [-0.2, 0) is 6.42 Å². The van der Waals surface area contributed by atoms with E-state index in [9.17, 15) is 0 Å². The number of aryl methyl sites for hydroxylation is 1. The zero-order chi connectivity index (χ0) is 10.9. The number of hydrogen-bond acceptors (Lipinski definition) is 2. The van der Waals surface area contributed by atoms with Crippen LogP contribution in [-0.4, -0.2) is 5.16 Å². The number of isothiocyanates is 1. The molecule has 0 saturated heterocycles. The van der Waals surface area contributed by atoms with Crippen molar-refractivity contribution in [3.8, 4) is 0 Å². The van der Waals surface area contributed by atoms with Gasteiger partial charge in [0.2, 0.25) is 0 Å². The van der Waals surface area contributed by atoms with E-state index in [-0.39, 0.29) is 0 Å². The second kappa shape index (κ2) is 7.33. The molecule has 0 heterocycles. The molecular weight excluding hydrogens is 202 g/mol. The first-order valence-electron chi connectivity index (χ1n) is 5.53. The second-order valence-corrected chi connectivity index (χ2v) is 3.87. The van der Waals surface area contributed by atoms with Crippen molar-refractivity contribution in [2.75, 3.05) is 0 Å². The molecule has 0 aliphatic carbocycles. The number of nitrogens with zero attached hydrogens (tertiary/aromatic N) is 1. The molecule has 80 valence electrons. The van der Waals surface area contributed by atoms with Gasteiger partial charge in [-0.3, -0.25) is 0 Å². The fraction of sp³-hybridized carbons (Fsp3) is 0.462. The lowest BCUT2D eigenvalue weighted by molar-refractivity contribution is 0.667. The zero-order valence-electron chi connectivity index (χ0n) is 9.20. The number of thiocarbonyl (C=S) groups is 1. The van der Waals surface area contributed by atoms with Crippen LogP contribution in [0.4, 0.5) is 5.69 Å². The number of aliphatic imine (C=N–C) groups is 1. The molecule has 1 aromatic carbocycles. The van der Waals surface area contributed by atoms with Gasteiger partial charge >= 0.3 is 0 Å². The molecule has 1 nitrogen and oxygen atoms in total. The third kappa shape index (κ3) is 4.87. The van der Waals surface area contributed by atoms with E-state index in [0.29, 0.717) is 0 Å². The van der Waals surface area contributed by atoms with Crippen molar-refractivity contribution in [3.05, 3.63) is 29.8 Å². The number of benzene rings is 1. The largest absolute Gasteiger partial charge is 0.195 e. The molecule has 0 saturated carbocycles. The second-order valence-electron chi connectivity index (χ2n) is 3.68. The van der Waals surface area contributed by atoms with Crippen LogP contribution in [0.1, 0.15) is 38.2 Å². The molecule has 0 bridgehead atoms. The Bertz CT molecular complexity index is 340. The lowest BCUT2D eigenvalue weighted by Gasteiger charge is -2.01. The summed E-state index contributed by atoms with van der Waals surface area (Å²) < 4.78 is 0. The van der Waals surface area contributed by atoms with Gasteiger partial charge in [0.1, 0.15) is 0 Å². The fourth-order valence-corrected chi connectivity index (χ4v) is 1.70. The minimum absolute atomic E-state index is 0.915. The van der Waals surface area contributed by atoms with Crippen molar-refractivity contribution in [1.82, 2.24) is 0 Å². The minimum Gasteiger partial charge on any atom is -0.195 e. The molecule has 0 N–H and O–H groups in total. The van der Waals surface area contributed by atoms with E-state index in [1.54, 1.807) is 0 Å². The Morgan fingerprint density at radius 3 is 2.87 bits per heavy atom. The van der Waals surface area contributed by atoms with Gasteiger partial charge in [0.05, 0.1) is 10.8 Å². The summed E-state index contributed by atoms with van der Waals surface area (Å²) in [6.45, 7) is 2.23. The average Bonchev–Trinajstić information content (AvgIpc) is 2.26. The monoisotopic (exact) mass is 219 g/mol. The maximum absolute atomic E-state index is 4.58. The quantitative estimate of drug-likeness (QED) is 0.388. The lowest BCUT2D eigenvalue weighted by atomic mass is 10.1. The highest BCUT2D eigenvalue weighted by Gasteiger charge is 1.95. The lowest BCUT2D eigenvalue weighted by Crippen LogP contribution is -1.85. The van der Waals surface area contributed by atoms with Gasteiger partial charge in [0.25, 0.3) is 0 Å². The van der Waals surface area contributed by atoms with E-state index in [0.717, 1.165) is 12.1 Å². The Hall–Kier alpha value is -0.980. The maximum atomic E-state index is 4.58. The molecule has 0 radical (unpaired) electrons. The van der Waals surface area contributed by atoms with Crippen LogP contribution in [0.3, 0.4) is 0 Å². The van der Waals surface area contributed by atoms with Crippen LogP contribution in [0.15, 0.2) is 29.3 Å². The third-order valence-corrected chi connectivity index (χ3v) is 2.50. The molecule has 0 unspecified atom stereocenters. The molecule has 0 aliphatic heterocycles. The highest BCUT2D eigenvalue weighted by molar-refractivity contribution is 7.78. The average molecular weight is 219 g/mol. The van der Waals surface area contributed by atoms with E-state index in [2.05, 4.69) is 41.4 Å². The van der Waals surface area contributed by atoms with Crippen molar-refractivity contribution in [2.24, 2.45) is 4.99 Å². The Morgan fingerprint density at radius 2 is 2.13 bits per heavy atom. The van der Waals surface area contributed by atoms with E-state index < -0.39 is 0 Å². The molecule has 0 aromatic heterocycles. The van der Waals surface area contributed by atoms with Gasteiger partial charge in [-0.2, -0.15) is 4.99 Å². The van der Waals surface area contributed by atoms with Crippen molar-refractivity contribution < 1.29 is 0 Å². The first-order valence-corrected chi connectivity index (χ1v) is 5.94. The van der Waals surface area contributed by atoms with E-state index in [1.165, 1.54) is 31.2 Å². The first-order chi connectivity index (χ1) is 7.36. The Balaban J connectivity index is 2.46. The third-order valence-electron chi connectivity index (χ3n) is 2.40.